The second-order valence-corrected chi connectivity index (χ2v) is 8.49. The highest BCUT2D eigenvalue weighted by Crippen LogP contribution is 2.41. The number of fused-ring (bicyclic) bond motifs is 1. The molecular formula is C23H20BrF3N2O. The summed E-state index contributed by atoms with van der Waals surface area (Å²) in [6.45, 7) is 0.810. The first-order valence-electron chi connectivity index (χ1n) is 9.58. The number of benzene rings is 2. The second kappa shape index (κ2) is 8.04. The summed E-state index contributed by atoms with van der Waals surface area (Å²) in [5.41, 5.74) is 3.89. The van der Waals surface area contributed by atoms with E-state index in [4.69, 9.17) is 0 Å². The van der Waals surface area contributed by atoms with E-state index in [0.29, 0.717) is 17.7 Å². The molecule has 2 heterocycles. The lowest BCUT2D eigenvalue weighted by atomic mass is 9.85. The zero-order chi connectivity index (χ0) is 21.5. The second-order valence-electron chi connectivity index (χ2n) is 7.58. The van der Waals surface area contributed by atoms with E-state index in [9.17, 15) is 18.3 Å². The van der Waals surface area contributed by atoms with E-state index in [2.05, 4.69) is 20.9 Å². The molecule has 30 heavy (non-hydrogen) atoms. The summed E-state index contributed by atoms with van der Waals surface area (Å²) in [7, 11) is 0. The molecule has 3 nitrogen and oxygen atoms in total. The topological polar surface area (TPSA) is 36.4 Å². The molecule has 0 saturated heterocycles. The number of nitrogens with zero attached hydrogens (tertiary/aromatic N) is 2. The van der Waals surface area contributed by atoms with Crippen LogP contribution in [-0.2, 0) is 6.42 Å². The zero-order valence-electron chi connectivity index (χ0n) is 16.2. The van der Waals surface area contributed by atoms with Gasteiger partial charge in [-0.2, -0.15) is 13.2 Å². The van der Waals surface area contributed by atoms with Crippen LogP contribution in [0.15, 0.2) is 65.3 Å². The highest BCUT2D eigenvalue weighted by Gasteiger charge is 2.41. The molecule has 0 aliphatic carbocycles. The van der Waals surface area contributed by atoms with Crippen LogP contribution in [0.5, 0.6) is 5.75 Å². The predicted octanol–water partition coefficient (Wildman–Crippen LogP) is 6.12. The van der Waals surface area contributed by atoms with Crippen LogP contribution in [0.25, 0.3) is 11.1 Å². The van der Waals surface area contributed by atoms with E-state index >= 15 is 0 Å². The Morgan fingerprint density at radius 2 is 1.90 bits per heavy atom. The fourth-order valence-electron chi connectivity index (χ4n) is 4.14. The Balaban J connectivity index is 1.82. The van der Waals surface area contributed by atoms with Crippen molar-refractivity contribution in [1.29, 1.82) is 0 Å². The summed E-state index contributed by atoms with van der Waals surface area (Å²) in [5, 5.41) is 10.2. The third-order valence-electron chi connectivity index (χ3n) is 5.46. The molecule has 0 bridgehead atoms. The molecule has 1 aromatic heterocycles. The molecular weight excluding hydrogens is 457 g/mol. The Labute approximate surface area is 181 Å². The fraction of sp³-hybridized carbons (Fsp3) is 0.261. The van der Waals surface area contributed by atoms with E-state index in [0.717, 1.165) is 21.2 Å². The Morgan fingerprint density at radius 1 is 1.13 bits per heavy atom. The van der Waals surface area contributed by atoms with Gasteiger partial charge >= 0.3 is 6.18 Å². The first-order chi connectivity index (χ1) is 14.2. The van der Waals surface area contributed by atoms with Crippen LogP contribution in [0.1, 0.15) is 29.8 Å². The Kier molecular flexibility index (Phi) is 5.59. The number of aromatic nitrogens is 1. The van der Waals surface area contributed by atoms with Gasteiger partial charge in [0.05, 0.1) is 18.3 Å². The molecule has 2 atom stereocenters. The Morgan fingerprint density at radius 3 is 2.57 bits per heavy atom. The van der Waals surface area contributed by atoms with Crippen LogP contribution in [-0.4, -0.2) is 33.8 Å². The van der Waals surface area contributed by atoms with Crippen molar-refractivity contribution < 1.29 is 18.3 Å². The van der Waals surface area contributed by atoms with Gasteiger partial charge in [0.25, 0.3) is 0 Å². The lowest BCUT2D eigenvalue weighted by Gasteiger charge is -2.42. The molecule has 0 radical (unpaired) electrons. The average Bonchev–Trinajstić information content (AvgIpc) is 2.68. The number of alkyl halides is 3. The third kappa shape index (κ3) is 4.23. The summed E-state index contributed by atoms with van der Waals surface area (Å²) in [4.78, 5) is 5.88. The number of phenolic OH excluding ortho intramolecular Hbond substituents is 1. The first-order valence-corrected chi connectivity index (χ1v) is 10.4. The van der Waals surface area contributed by atoms with Crippen LogP contribution in [0.3, 0.4) is 0 Å². The largest absolute Gasteiger partial charge is 0.507 e. The molecule has 0 fully saturated rings. The van der Waals surface area contributed by atoms with E-state index in [1.165, 1.54) is 4.90 Å². The van der Waals surface area contributed by atoms with Gasteiger partial charge in [0.1, 0.15) is 5.75 Å². The maximum atomic E-state index is 13.4. The predicted molar refractivity (Wildman–Crippen MR) is 113 cm³/mol. The number of para-hydroxylation sites is 1. The summed E-state index contributed by atoms with van der Waals surface area (Å²) in [5.74, 6) is 0.172. The van der Waals surface area contributed by atoms with E-state index in [1.807, 2.05) is 37.3 Å². The van der Waals surface area contributed by atoms with E-state index in [-0.39, 0.29) is 11.8 Å². The molecule has 4 rings (SSSR count). The molecule has 0 spiro atoms. The average molecular weight is 477 g/mol. The number of rotatable bonds is 3. The van der Waals surface area contributed by atoms with Crippen LogP contribution in [0.2, 0.25) is 0 Å². The van der Waals surface area contributed by atoms with Crippen LogP contribution in [0.4, 0.5) is 13.2 Å². The minimum atomic E-state index is -4.31. The minimum Gasteiger partial charge on any atom is -0.507 e. The smallest absolute Gasteiger partial charge is 0.401 e. The van der Waals surface area contributed by atoms with Crippen LogP contribution >= 0.6 is 15.9 Å². The van der Waals surface area contributed by atoms with E-state index < -0.39 is 18.8 Å². The lowest BCUT2D eigenvalue weighted by molar-refractivity contribution is -0.155. The SMILES string of the molecule is C[C@@H]1Cc2cc(-c3ccccc3O)ccc2[C@@H](c2ccc(Br)cn2)N1CC(F)(F)F. The molecule has 3 aromatic rings. The summed E-state index contributed by atoms with van der Waals surface area (Å²) in [6.07, 6.45) is -2.22. The van der Waals surface area contributed by atoms with Crippen molar-refractivity contribution in [3.63, 3.8) is 0 Å². The van der Waals surface area contributed by atoms with Gasteiger partial charge in [-0.1, -0.05) is 36.4 Å². The summed E-state index contributed by atoms with van der Waals surface area (Å²) < 4.78 is 40.9. The number of hydrogen-bond donors (Lipinski definition) is 1. The summed E-state index contributed by atoms with van der Waals surface area (Å²) in [6, 6.07) is 15.4. The van der Waals surface area contributed by atoms with Crippen molar-refractivity contribution in [2.24, 2.45) is 0 Å². The quantitative estimate of drug-likeness (QED) is 0.494. The highest BCUT2D eigenvalue weighted by atomic mass is 79.9. The normalized spacial score (nSPS) is 19.5. The highest BCUT2D eigenvalue weighted by molar-refractivity contribution is 9.10. The van der Waals surface area contributed by atoms with Gasteiger partial charge in [0.2, 0.25) is 0 Å². The van der Waals surface area contributed by atoms with Gasteiger partial charge in [-0.05, 0) is 64.2 Å². The number of aromatic hydroxyl groups is 1. The molecule has 0 unspecified atom stereocenters. The van der Waals surface area contributed by atoms with Crippen molar-refractivity contribution in [3.8, 4) is 16.9 Å². The molecule has 1 aliphatic rings. The fourth-order valence-corrected chi connectivity index (χ4v) is 4.37. The van der Waals surface area contributed by atoms with Gasteiger partial charge in [-0.25, -0.2) is 0 Å². The summed E-state index contributed by atoms with van der Waals surface area (Å²) >= 11 is 3.34. The number of pyridine rings is 1. The van der Waals surface area contributed by atoms with Gasteiger partial charge in [0.15, 0.2) is 0 Å². The maximum Gasteiger partial charge on any atom is 0.401 e. The molecule has 7 heteroatoms. The van der Waals surface area contributed by atoms with Crippen molar-refractivity contribution in [2.75, 3.05) is 6.54 Å². The Hall–Kier alpha value is -2.38. The molecule has 156 valence electrons. The van der Waals surface area contributed by atoms with Crippen molar-refractivity contribution in [1.82, 2.24) is 9.88 Å². The molecule has 1 N–H and O–H groups in total. The van der Waals surface area contributed by atoms with Gasteiger partial charge in [-0.3, -0.25) is 9.88 Å². The van der Waals surface area contributed by atoms with Crippen molar-refractivity contribution >= 4 is 15.9 Å². The minimum absolute atomic E-state index is 0.172. The molecule has 0 amide bonds. The maximum absolute atomic E-state index is 13.4. The number of phenols is 1. The van der Waals surface area contributed by atoms with Crippen LogP contribution < -0.4 is 0 Å². The zero-order valence-corrected chi connectivity index (χ0v) is 17.8. The standard InChI is InChI=1S/C23H20BrF3N2O/c1-14-10-16-11-15(18-4-2-3-5-21(18)30)6-8-19(16)22(29(14)13-23(25,26)27)20-9-7-17(24)12-28-20/h2-9,11-12,14,22,30H,10,13H2,1H3/t14-,22+/m1/s1. The number of hydrogen-bond acceptors (Lipinski definition) is 3. The van der Waals surface area contributed by atoms with Crippen molar-refractivity contribution in [3.05, 3.63) is 82.1 Å². The van der Waals surface area contributed by atoms with Gasteiger partial charge in [-0.15, -0.1) is 0 Å². The third-order valence-corrected chi connectivity index (χ3v) is 5.93. The van der Waals surface area contributed by atoms with Gasteiger partial charge in [0, 0.05) is 22.3 Å². The van der Waals surface area contributed by atoms with Crippen LogP contribution in [0, 0.1) is 0 Å². The lowest BCUT2D eigenvalue weighted by Crippen LogP contribution is -2.47. The molecule has 1 aliphatic heterocycles. The van der Waals surface area contributed by atoms with E-state index in [1.54, 1.807) is 30.5 Å². The molecule has 0 saturated carbocycles. The van der Waals surface area contributed by atoms with Gasteiger partial charge < -0.3 is 5.11 Å². The van der Waals surface area contributed by atoms with Crippen molar-refractivity contribution in [2.45, 2.75) is 31.6 Å². The molecule has 2 aromatic carbocycles. The monoisotopic (exact) mass is 476 g/mol. The first kappa shape index (κ1) is 20.9. The Bertz CT molecular complexity index is 1050. The number of halogens is 4.